The molecule has 2 rings (SSSR count). The fourth-order valence-corrected chi connectivity index (χ4v) is 4.82. The fraction of sp³-hybridized carbons (Fsp3) is 0.800. The van der Waals surface area contributed by atoms with Crippen molar-refractivity contribution in [2.45, 2.75) is 81.6 Å². The predicted molar refractivity (Wildman–Crippen MR) is 113 cm³/mol. The summed E-state index contributed by atoms with van der Waals surface area (Å²) in [6.45, 7) is 3.48. The van der Waals surface area contributed by atoms with E-state index in [1.165, 1.54) is 0 Å². The van der Waals surface area contributed by atoms with E-state index >= 15 is 0 Å². The minimum atomic E-state index is -2.33. The molecule has 35 heavy (non-hydrogen) atoms. The fourth-order valence-electron chi connectivity index (χ4n) is 3.54. The van der Waals surface area contributed by atoms with Crippen molar-refractivity contribution in [2.75, 3.05) is 19.0 Å². The van der Waals surface area contributed by atoms with Crippen molar-refractivity contribution < 1.29 is 68.0 Å². The Morgan fingerprint density at radius 3 is 1.97 bits per heavy atom. The van der Waals surface area contributed by atoms with Gasteiger partial charge in [-0.3, -0.25) is 19.2 Å². The Balaban J connectivity index is 2.36. The Morgan fingerprint density at radius 2 is 1.43 bits per heavy atom. The molecule has 2 saturated heterocycles. The second-order valence-electron chi connectivity index (χ2n) is 8.04. The number of hydrogen-bond acceptors (Lipinski definition) is 15. The van der Waals surface area contributed by atoms with Gasteiger partial charge in [0.25, 0.3) is 0 Å². The third kappa shape index (κ3) is 7.73. The normalized spacial score (nSPS) is 37.1. The Bertz CT molecular complexity index is 792. The van der Waals surface area contributed by atoms with Crippen LogP contribution in [0.4, 0.5) is 0 Å². The van der Waals surface area contributed by atoms with Crippen LogP contribution < -0.4 is 0 Å². The van der Waals surface area contributed by atoms with Crippen LogP contribution in [-0.2, 0) is 47.6 Å². The second-order valence-corrected chi connectivity index (χ2v) is 9.12. The van der Waals surface area contributed by atoms with Crippen LogP contribution in [0.5, 0.6) is 0 Å². The lowest BCUT2D eigenvalue weighted by Gasteiger charge is -2.46. The number of esters is 4. The average molecular weight is 527 g/mol. The van der Waals surface area contributed by atoms with Gasteiger partial charge in [-0.25, -0.2) is 0 Å². The molecule has 2 heterocycles. The molecule has 14 nitrogen and oxygen atoms in total. The van der Waals surface area contributed by atoms with Gasteiger partial charge >= 0.3 is 23.9 Å². The van der Waals surface area contributed by atoms with Crippen LogP contribution in [0.15, 0.2) is 0 Å². The maximum atomic E-state index is 11.8. The molecule has 2 aliphatic heterocycles. The molecule has 0 saturated carbocycles. The van der Waals surface area contributed by atoms with Gasteiger partial charge in [-0.1, -0.05) is 0 Å². The first-order valence-electron chi connectivity index (χ1n) is 10.6. The third-order valence-corrected chi connectivity index (χ3v) is 6.37. The van der Waals surface area contributed by atoms with E-state index in [2.05, 4.69) is 0 Å². The predicted octanol–water partition coefficient (Wildman–Crippen LogP) is -2.40. The maximum absolute atomic E-state index is 11.8. The van der Waals surface area contributed by atoms with Crippen LogP contribution in [0.3, 0.4) is 0 Å². The lowest BCUT2D eigenvalue weighted by Crippen LogP contribution is -2.64. The summed E-state index contributed by atoms with van der Waals surface area (Å²) in [5.74, 6) is -5.85. The summed E-state index contributed by atoms with van der Waals surface area (Å²) < 4.78 is 31.9. The van der Waals surface area contributed by atoms with E-state index in [0.717, 1.165) is 39.5 Å². The number of thioether (sulfide) groups is 1. The molecule has 0 spiro atoms. The first-order valence-corrected chi connectivity index (χ1v) is 11.6. The highest BCUT2D eigenvalue weighted by molar-refractivity contribution is 7.99. The van der Waals surface area contributed by atoms with E-state index < -0.39 is 96.8 Å². The molecule has 2 aliphatic rings. The van der Waals surface area contributed by atoms with Crippen molar-refractivity contribution in [1.29, 1.82) is 0 Å². The summed E-state index contributed by atoms with van der Waals surface area (Å²) in [4.78, 5) is 46.8. The van der Waals surface area contributed by atoms with Crippen molar-refractivity contribution in [3.63, 3.8) is 0 Å². The van der Waals surface area contributed by atoms with Gasteiger partial charge in [0.2, 0.25) is 5.79 Å². The molecule has 0 radical (unpaired) electrons. The SMILES string of the molecule is CC(=O)OC[C@H]1O[C@H](SCC2(O)OC[C@@H](O)[C@@H](O)[C@@H]2O)[C@H](OC(C)=O)[C@@H](OC(C)=O)[C@@H]1OC(C)=O. The quantitative estimate of drug-likeness (QED) is 0.192. The summed E-state index contributed by atoms with van der Waals surface area (Å²) in [6.07, 6.45) is -10.3. The smallest absolute Gasteiger partial charge is 0.303 e. The van der Waals surface area contributed by atoms with Crippen LogP contribution in [0.2, 0.25) is 0 Å². The second kappa shape index (κ2) is 12.3. The van der Waals surface area contributed by atoms with E-state index in [9.17, 15) is 39.6 Å². The van der Waals surface area contributed by atoms with E-state index in [-0.39, 0.29) is 0 Å². The largest absolute Gasteiger partial charge is 0.463 e. The van der Waals surface area contributed by atoms with Crippen molar-refractivity contribution in [3.05, 3.63) is 0 Å². The highest BCUT2D eigenvalue weighted by Crippen LogP contribution is 2.37. The molecule has 1 unspecified atom stereocenters. The molecule has 9 atom stereocenters. The molecule has 15 heteroatoms. The molecule has 200 valence electrons. The Hall–Kier alpha value is -2.01. The van der Waals surface area contributed by atoms with Gasteiger partial charge in [-0.2, -0.15) is 0 Å². The lowest BCUT2D eigenvalue weighted by molar-refractivity contribution is -0.309. The van der Waals surface area contributed by atoms with Gasteiger partial charge in [0.1, 0.15) is 36.5 Å². The summed E-state index contributed by atoms with van der Waals surface area (Å²) in [5.41, 5.74) is -1.22. The number of hydrogen-bond donors (Lipinski definition) is 4. The zero-order valence-corrected chi connectivity index (χ0v) is 20.3. The zero-order chi connectivity index (χ0) is 26.5. The highest BCUT2D eigenvalue weighted by Gasteiger charge is 2.54. The first kappa shape index (κ1) is 29.2. The van der Waals surface area contributed by atoms with E-state index in [0.29, 0.717) is 0 Å². The van der Waals surface area contributed by atoms with Gasteiger partial charge in [-0.15, -0.1) is 11.8 Å². The minimum Gasteiger partial charge on any atom is -0.463 e. The Kier molecular flexibility index (Phi) is 10.3. The molecular weight excluding hydrogens is 496 g/mol. The van der Waals surface area contributed by atoms with Crippen LogP contribution in [-0.4, -0.2) is 117 Å². The standard InChI is InChI=1S/C20H30O14S/c1-8(21)29-6-13-15(31-9(2)22)16(32-10(3)23)17(33-11(4)24)19(34-13)35-7-20(28)18(27)14(26)12(25)5-30-20/h12-19,25-28H,5-7H2,1-4H3/t12-,13-,14-,15-,16+,17-,18+,19-,20?/m1/s1. The minimum absolute atomic E-state index is 0.427. The lowest BCUT2D eigenvalue weighted by atomic mass is 9.98. The number of aliphatic hydroxyl groups is 4. The Morgan fingerprint density at radius 1 is 0.886 bits per heavy atom. The molecule has 2 fully saturated rings. The van der Waals surface area contributed by atoms with Gasteiger partial charge in [0.05, 0.1) is 12.4 Å². The number of carbonyl (C=O) groups is 4. The van der Waals surface area contributed by atoms with E-state index in [1.54, 1.807) is 0 Å². The van der Waals surface area contributed by atoms with Crippen molar-refractivity contribution >= 4 is 35.6 Å². The zero-order valence-electron chi connectivity index (χ0n) is 19.5. The highest BCUT2D eigenvalue weighted by atomic mass is 32.2. The van der Waals surface area contributed by atoms with Crippen molar-refractivity contribution in [3.8, 4) is 0 Å². The van der Waals surface area contributed by atoms with Gasteiger partial charge < -0.3 is 48.8 Å². The van der Waals surface area contributed by atoms with Gasteiger partial charge in [-0.05, 0) is 0 Å². The van der Waals surface area contributed by atoms with Crippen LogP contribution in [0.25, 0.3) is 0 Å². The molecule has 0 aromatic heterocycles. The van der Waals surface area contributed by atoms with Crippen LogP contribution in [0, 0.1) is 0 Å². The monoisotopic (exact) mass is 526 g/mol. The summed E-state index contributed by atoms with van der Waals surface area (Å²) in [5, 5.41) is 40.4. The first-order chi connectivity index (χ1) is 16.2. The van der Waals surface area contributed by atoms with Gasteiger partial charge in [0.15, 0.2) is 18.3 Å². The third-order valence-electron chi connectivity index (χ3n) is 5.09. The molecule has 0 aliphatic carbocycles. The van der Waals surface area contributed by atoms with E-state index in [1.807, 2.05) is 0 Å². The Labute approximate surface area is 204 Å². The topological polar surface area (TPSA) is 205 Å². The molecule has 4 N–H and O–H groups in total. The van der Waals surface area contributed by atoms with Gasteiger partial charge in [0, 0.05) is 27.7 Å². The summed E-state index contributed by atoms with van der Waals surface area (Å²) in [6, 6.07) is 0. The molecule has 0 amide bonds. The molecule has 0 aromatic rings. The van der Waals surface area contributed by atoms with E-state index in [4.69, 9.17) is 28.4 Å². The number of rotatable bonds is 8. The summed E-state index contributed by atoms with van der Waals surface area (Å²) >= 11 is 0.750. The summed E-state index contributed by atoms with van der Waals surface area (Å²) in [7, 11) is 0. The number of ether oxygens (including phenoxy) is 6. The average Bonchev–Trinajstić information content (AvgIpc) is 2.75. The van der Waals surface area contributed by atoms with Crippen molar-refractivity contribution in [2.24, 2.45) is 0 Å². The molecule has 0 aromatic carbocycles. The molecule has 0 bridgehead atoms. The van der Waals surface area contributed by atoms with Crippen LogP contribution in [0.1, 0.15) is 27.7 Å². The maximum Gasteiger partial charge on any atom is 0.303 e. The molecular formula is C20H30O14S. The number of aliphatic hydroxyl groups excluding tert-OH is 3. The number of carbonyl (C=O) groups excluding carboxylic acids is 4. The van der Waals surface area contributed by atoms with Crippen molar-refractivity contribution in [1.82, 2.24) is 0 Å². The van der Waals surface area contributed by atoms with Crippen LogP contribution >= 0.6 is 11.8 Å².